The number of nitriles is 1. The van der Waals surface area contributed by atoms with Gasteiger partial charge in [0.1, 0.15) is 0 Å². The summed E-state index contributed by atoms with van der Waals surface area (Å²) in [5.41, 5.74) is 2.67. The number of nitrogens with zero attached hydrogens (tertiary/aromatic N) is 2. The number of likely N-dealkylation sites (N-methyl/N-ethyl adjacent to an activating group) is 1. The normalized spacial score (nSPS) is 10.4. The van der Waals surface area contributed by atoms with Crippen LogP contribution in [0.5, 0.6) is 0 Å². The quantitative estimate of drug-likeness (QED) is 0.720. The summed E-state index contributed by atoms with van der Waals surface area (Å²) < 4.78 is 0. The summed E-state index contributed by atoms with van der Waals surface area (Å²) in [5.74, 6) is -0.0108. The molecule has 0 aliphatic rings. The molecule has 0 aliphatic carbocycles. The highest BCUT2D eigenvalue weighted by Gasteiger charge is 2.06. The van der Waals surface area contributed by atoms with Gasteiger partial charge in [-0.05, 0) is 31.0 Å². The summed E-state index contributed by atoms with van der Waals surface area (Å²) in [7, 11) is 1.92. The lowest BCUT2D eigenvalue weighted by atomic mass is 10.1. The number of hydrogen-bond donors (Lipinski definition) is 0. The fourth-order valence-electron chi connectivity index (χ4n) is 2.01. The Labute approximate surface area is 115 Å². The van der Waals surface area contributed by atoms with Gasteiger partial charge in [0, 0.05) is 6.54 Å². The number of ketones is 1. The number of benzene rings is 1. The molecule has 0 aliphatic heterocycles. The van der Waals surface area contributed by atoms with Gasteiger partial charge in [-0.15, -0.1) is 0 Å². The maximum absolute atomic E-state index is 11.3. The summed E-state index contributed by atoms with van der Waals surface area (Å²) in [6, 6.07) is 10.6. The fourth-order valence-corrected chi connectivity index (χ4v) is 2.01. The van der Waals surface area contributed by atoms with Crippen LogP contribution in [0.15, 0.2) is 24.3 Å². The predicted molar refractivity (Wildman–Crippen MR) is 76.9 cm³/mol. The Morgan fingerprint density at radius 2 is 1.79 bits per heavy atom. The minimum absolute atomic E-state index is 0.00997. The third kappa shape index (κ3) is 6.17. The molecule has 0 aromatic heterocycles. The van der Waals surface area contributed by atoms with Gasteiger partial charge < -0.3 is 0 Å². The molecule has 1 rings (SSSR count). The molecule has 0 heterocycles. The number of Topliss-reactive ketones (excluding diaryl/α,β-unsaturated/α-hetero) is 1. The van der Waals surface area contributed by atoms with Crippen LogP contribution in [0.1, 0.15) is 30.9 Å². The second-order valence-electron chi connectivity index (χ2n) is 4.93. The topological polar surface area (TPSA) is 44.1 Å². The first-order valence-corrected chi connectivity index (χ1v) is 6.80. The van der Waals surface area contributed by atoms with E-state index in [2.05, 4.69) is 31.2 Å². The zero-order chi connectivity index (χ0) is 14.1. The largest absolute Gasteiger partial charge is 0.299 e. The maximum atomic E-state index is 11.3. The van der Waals surface area contributed by atoms with Crippen LogP contribution >= 0.6 is 0 Å². The smallest absolute Gasteiger partial charge is 0.160 e. The third-order valence-electron chi connectivity index (χ3n) is 3.07. The van der Waals surface area contributed by atoms with Crippen molar-refractivity contribution in [2.75, 3.05) is 20.1 Å². The van der Waals surface area contributed by atoms with Crippen LogP contribution in [0.4, 0.5) is 0 Å². The van der Waals surface area contributed by atoms with Crippen molar-refractivity contribution in [2.24, 2.45) is 0 Å². The van der Waals surface area contributed by atoms with E-state index in [0.29, 0.717) is 6.54 Å². The molecule has 102 valence electrons. The molecule has 0 unspecified atom stereocenters. The second kappa shape index (κ2) is 8.44. The van der Waals surface area contributed by atoms with E-state index in [0.717, 1.165) is 19.4 Å². The van der Waals surface area contributed by atoms with Gasteiger partial charge in [0.15, 0.2) is 5.78 Å². The van der Waals surface area contributed by atoms with E-state index < -0.39 is 0 Å². The average molecular weight is 258 g/mol. The van der Waals surface area contributed by atoms with E-state index in [1.165, 1.54) is 17.5 Å². The number of carbonyl (C=O) groups is 1. The van der Waals surface area contributed by atoms with Crippen LogP contribution in [0.2, 0.25) is 0 Å². The van der Waals surface area contributed by atoms with Crippen molar-refractivity contribution in [2.45, 2.75) is 32.6 Å². The summed E-state index contributed by atoms with van der Waals surface area (Å²) in [6.07, 6.45) is 3.24. The molecule has 0 bridgehead atoms. The Kier molecular flexibility index (Phi) is 6.84. The van der Waals surface area contributed by atoms with Crippen LogP contribution in [0.3, 0.4) is 0 Å². The fraction of sp³-hybridized carbons (Fsp3) is 0.500. The molecular formula is C16H22N2O. The standard InChI is InChI=1S/C16H22N2O/c1-3-4-14-5-7-15(8-6-14)10-12-18(2)13-16(19)9-11-17/h5-8H,3-4,9-10,12-13H2,1-2H3. The van der Waals surface area contributed by atoms with Crippen molar-refractivity contribution in [1.82, 2.24) is 4.90 Å². The van der Waals surface area contributed by atoms with Gasteiger partial charge in [-0.3, -0.25) is 9.69 Å². The summed E-state index contributed by atoms with van der Waals surface area (Å²) >= 11 is 0. The zero-order valence-corrected chi connectivity index (χ0v) is 11.9. The minimum Gasteiger partial charge on any atom is -0.299 e. The molecular weight excluding hydrogens is 236 g/mol. The van der Waals surface area contributed by atoms with Gasteiger partial charge in [-0.25, -0.2) is 0 Å². The Bertz CT molecular complexity index is 431. The summed E-state index contributed by atoms with van der Waals surface area (Å²) in [6.45, 7) is 3.38. The van der Waals surface area contributed by atoms with E-state index in [1.807, 2.05) is 18.0 Å². The summed E-state index contributed by atoms with van der Waals surface area (Å²) in [4.78, 5) is 13.3. The molecule has 0 saturated heterocycles. The van der Waals surface area contributed by atoms with Crippen molar-refractivity contribution in [1.29, 1.82) is 5.26 Å². The SMILES string of the molecule is CCCc1ccc(CCN(C)CC(=O)CC#N)cc1. The Hall–Kier alpha value is -1.66. The molecule has 0 amide bonds. The van der Waals surface area contributed by atoms with Gasteiger partial charge in [0.2, 0.25) is 0 Å². The van der Waals surface area contributed by atoms with E-state index in [9.17, 15) is 4.79 Å². The molecule has 1 aromatic carbocycles. The van der Waals surface area contributed by atoms with Crippen molar-refractivity contribution in [3.63, 3.8) is 0 Å². The van der Waals surface area contributed by atoms with Crippen LogP contribution in [0.25, 0.3) is 0 Å². The maximum Gasteiger partial charge on any atom is 0.160 e. The van der Waals surface area contributed by atoms with Crippen LogP contribution < -0.4 is 0 Å². The number of aryl methyl sites for hydroxylation is 1. The van der Waals surface area contributed by atoms with Gasteiger partial charge in [0.25, 0.3) is 0 Å². The van der Waals surface area contributed by atoms with Crippen molar-refractivity contribution < 1.29 is 4.79 Å². The first kappa shape index (κ1) is 15.4. The van der Waals surface area contributed by atoms with Crippen LogP contribution in [-0.4, -0.2) is 30.8 Å². The lowest BCUT2D eigenvalue weighted by molar-refractivity contribution is -0.118. The van der Waals surface area contributed by atoms with Gasteiger partial charge in [-0.1, -0.05) is 37.6 Å². The van der Waals surface area contributed by atoms with E-state index >= 15 is 0 Å². The first-order chi connectivity index (χ1) is 9.15. The van der Waals surface area contributed by atoms with Crippen molar-refractivity contribution >= 4 is 5.78 Å². The van der Waals surface area contributed by atoms with E-state index in [1.54, 1.807) is 0 Å². The van der Waals surface area contributed by atoms with Gasteiger partial charge in [0.05, 0.1) is 19.0 Å². The average Bonchev–Trinajstić information content (AvgIpc) is 2.38. The summed E-state index contributed by atoms with van der Waals surface area (Å²) in [5, 5.41) is 8.44. The van der Waals surface area contributed by atoms with Gasteiger partial charge >= 0.3 is 0 Å². The van der Waals surface area contributed by atoms with Crippen molar-refractivity contribution in [3.8, 4) is 6.07 Å². The van der Waals surface area contributed by atoms with E-state index in [-0.39, 0.29) is 12.2 Å². The number of hydrogen-bond acceptors (Lipinski definition) is 3. The second-order valence-corrected chi connectivity index (χ2v) is 4.93. The molecule has 0 atom stereocenters. The minimum atomic E-state index is -0.0108. The Balaban J connectivity index is 2.35. The van der Waals surface area contributed by atoms with Gasteiger partial charge in [-0.2, -0.15) is 5.26 Å². The number of carbonyl (C=O) groups excluding carboxylic acids is 1. The zero-order valence-electron chi connectivity index (χ0n) is 11.9. The predicted octanol–water partition coefficient (Wildman–Crippen LogP) is 2.60. The lowest BCUT2D eigenvalue weighted by Crippen LogP contribution is -2.27. The third-order valence-corrected chi connectivity index (χ3v) is 3.07. The molecule has 3 heteroatoms. The highest BCUT2D eigenvalue weighted by Crippen LogP contribution is 2.07. The van der Waals surface area contributed by atoms with Crippen LogP contribution in [-0.2, 0) is 17.6 Å². The molecule has 19 heavy (non-hydrogen) atoms. The number of rotatable bonds is 8. The van der Waals surface area contributed by atoms with Crippen LogP contribution in [0, 0.1) is 11.3 Å². The Morgan fingerprint density at radius 1 is 1.21 bits per heavy atom. The molecule has 0 spiro atoms. The molecule has 3 nitrogen and oxygen atoms in total. The molecule has 0 radical (unpaired) electrons. The highest BCUT2D eigenvalue weighted by atomic mass is 16.1. The lowest BCUT2D eigenvalue weighted by Gasteiger charge is -2.15. The molecule has 1 aromatic rings. The van der Waals surface area contributed by atoms with E-state index in [4.69, 9.17) is 5.26 Å². The molecule has 0 N–H and O–H groups in total. The van der Waals surface area contributed by atoms with Crippen molar-refractivity contribution in [3.05, 3.63) is 35.4 Å². The molecule has 0 fully saturated rings. The molecule has 0 saturated carbocycles. The first-order valence-electron chi connectivity index (χ1n) is 6.80. The monoisotopic (exact) mass is 258 g/mol. The highest BCUT2D eigenvalue weighted by molar-refractivity contribution is 5.82. The Morgan fingerprint density at radius 3 is 2.32 bits per heavy atom.